The number of amides is 1. The number of hydrogen-bond acceptors (Lipinski definition) is 4. The van der Waals surface area contributed by atoms with Crippen molar-refractivity contribution in [3.63, 3.8) is 0 Å². The van der Waals surface area contributed by atoms with Crippen LogP contribution in [-0.4, -0.2) is 28.9 Å². The number of carbonyl (C=O) groups is 1. The van der Waals surface area contributed by atoms with Crippen LogP contribution in [0.5, 0.6) is 0 Å². The summed E-state index contributed by atoms with van der Waals surface area (Å²) >= 11 is 5.72. The number of fused-ring (bicyclic) bond motifs is 1. The molecule has 1 aliphatic rings. The molecule has 1 aromatic carbocycles. The zero-order valence-corrected chi connectivity index (χ0v) is 17.5. The van der Waals surface area contributed by atoms with E-state index in [1.165, 1.54) is 19.2 Å². The van der Waals surface area contributed by atoms with Crippen molar-refractivity contribution in [3.8, 4) is 0 Å². The number of halogens is 6. The number of hydrogen-bond donors (Lipinski definition) is 0. The van der Waals surface area contributed by atoms with Crippen LogP contribution in [0, 0.1) is 18.6 Å². The van der Waals surface area contributed by atoms with Gasteiger partial charge >= 0.3 is 6.18 Å². The second kappa shape index (κ2) is 8.26. The average Bonchev–Trinajstić information content (AvgIpc) is 3.15. The van der Waals surface area contributed by atoms with Gasteiger partial charge in [-0.25, -0.2) is 18.7 Å². The van der Waals surface area contributed by atoms with E-state index in [0.717, 1.165) is 11.0 Å². The summed E-state index contributed by atoms with van der Waals surface area (Å²) in [6.45, 7) is -1.93. The van der Waals surface area contributed by atoms with Crippen molar-refractivity contribution >= 4 is 34.8 Å². The normalized spacial score (nSPS) is 17.2. The van der Waals surface area contributed by atoms with Crippen LogP contribution in [0.25, 0.3) is 0 Å². The molecule has 1 atom stereocenters. The number of alkyl halides is 3. The molecule has 3 aromatic rings. The number of aryl methyl sites for hydroxylation is 1. The van der Waals surface area contributed by atoms with Crippen molar-refractivity contribution in [2.75, 3.05) is 16.8 Å². The Bertz CT molecular complexity index is 1350. The minimum Gasteiger partial charge on any atom is -0.311 e. The lowest BCUT2D eigenvalue weighted by Crippen LogP contribution is -2.45. The fraction of sp³-hybridized carbons (Fsp3) is 0.227. The Balaban J connectivity index is 1.88. The number of nitrogens with zero attached hydrogens (tertiary/aromatic N) is 4. The van der Waals surface area contributed by atoms with Crippen LogP contribution < -0.4 is 9.80 Å². The van der Waals surface area contributed by atoms with Gasteiger partial charge in [0.25, 0.3) is 0 Å². The highest BCUT2D eigenvalue weighted by molar-refractivity contribution is 6.31. The Kier molecular flexibility index (Phi) is 4.81. The highest BCUT2D eigenvalue weighted by atomic mass is 35.5. The molecule has 11 heteroatoms. The molecule has 2 aromatic heterocycles. The van der Waals surface area contributed by atoms with E-state index >= 15 is 0 Å². The molecular weight excluding hydrogens is 467 g/mol. The Morgan fingerprint density at radius 2 is 2.00 bits per heavy atom. The van der Waals surface area contributed by atoms with E-state index in [9.17, 15) is 26.7 Å². The molecule has 0 radical (unpaired) electrons. The van der Waals surface area contributed by atoms with Gasteiger partial charge in [0.1, 0.15) is 29.3 Å². The van der Waals surface area contributed by atoms with Crippen LogP contribution in [0.3, 0.4) is 0 Å². The fourth-order valence-electron chi connectivity index (χ4n) is 3.61. The summed E-state index contributed by atoms with van der Waals surface area (Å²) in [4.78, 5) is 23.2. The molecule has 1 amide bonds. The van der Waals surface area contributed by atoms with Crippen molar-refractivity contribution in [1.82, 2.24) is 9.97 Å². The summed E-state index contributed by atoms with van der Waals surface area (Å²) in [6, 6.07) is 4.17. The number of carbonyl (C=O) groups excluding carboxylic acids is 1. The fourth-order valence-corrected chi connectivity index (χ4v) is 3.77. The second-order valence-electron chi connectivity index (χ2n) is 7.32. The molecule has 0 fully saturated rings. The van der Waals surface area contributed by atoms with Crippen molar-refractivity contribution < 1.29 is 30.9 Å². The minimum absolute atomic E-state index is 0.0144. The largest absolute Gasteiger partial charge is 0.416 e. The van der Waals surface area contributed by atoms with E-state index in [1.54, 1.807) is 6.07 Å². The quantitative estimate of drug-likeness (QED) is 0.365. The molecule has 0 N–H and O–H groups in total. The summed E-state index contributed by atoms with van der Waals surface area (Å²) in [7, 11) is 0. The Hall–Kier alpha value is -3.27. The third-order valence-electron chi connectivity index (χ3n) is 5.07. The highest BCUT2D eigenvalue weighted by Crippen LogP contribution is 2.40. The zero-order valence-electron chi connectivity index (χ0n) is 19.8. The van der Waals surface area contributed by atoms with Crippen LogP contribution >= 0.6 is 11.6 Å². The summed E-state index contributed by atoms with van der Waals surface area (Å²) in [5.74, 6) is -3.95. The molecule has 0 spiro atoms. The van der Waals surface area contributed by atoms with Crippen molar-refractivity contribution in [1.29, 1.82) is 0 Å². The van der Waals surface area contributed by atoms with Crippen LogP contribution in [-0.2, 0) is 17.4 Å². The van der Waals surface area contributed by atoms with Crippen LogP contribution in [0.15, 0.2) is 42.6 Å². The lowest BCUT2D eigenvalue weighted by atomic mass is 10.1. The van der Waals surface area contributed by atoms with Crippen LogP contribution in [0.1, 0.15) is 20.9 Å². The first-order chi connectivity index (χ1) is 16.7. The monoisotopic (exact) mass is 485 g/mol. The van der Waals surface area contributed by atoms with E-state index in [0.29, 0.717) is 23.8 Å². The first kappa shape index (κ1) is 19.2. The van der Waals surface area contributed by atoms with Gasteiger partial charge < -0.3 is 4.90 Å². The van der Waals surface area contributed by atoms with E-state index in [1.807, 2.05) is 0 Å². The molecule has 1 aliphatic heterocycles. The average molecular weight is 486 g/mol. The molecule has 172 valence electrons. The number of anilines is 3. The number of pyridine rings is 2. The van der Waals surface area contributed by atoms with Crippen molar-refractivity contribution in [3.05, 3.63) is 76.1 Å². The van der Waals surface area contributed by atoms with E-state index in [4.69, 9.17) is 15.7 Å². The van der Waals surface area contributed by atoms with Gasteiger partial charge in [-0.1, -0.05) is 17.7 Å². The first-order valence-electron chi connectivity index (χ1n) is 11.0. The number of benzene rings is 1. The molecule has 1 unspecified atom stereocenters. The van der Waals surface area contributed by atoms with Crippen molar-refractivity contribution in [2.45, 2.75) is 25.6 Å². The van der Waals surface area contributed by atoms with Gasteiger partial charge in [0.2, 0.25) is 5.91 Å². The van der Waals surface area contributed by atoms with Crippen LogP contribution in [0.2, 0.25) is 5.02 Å². The first-order valence-corrected chi connectivity index (χ1v) is 9.84. The maximum atomic E-state index is 14.7. The lowest BCUT2D eigenvalue weighted by Gasteiger charge is -2.29. The van der Waals surface area contributed by atoms with Crippen LogP contribution in [0.4, 0.5) is 39.3 Å². The third kappa shape index (κ3) is 4.22. The van der Waals surface area contributed by atoms with E-state index in [-0.39, 0.29) is 28.7 Å². The SMILES string of the molecule is [2H]C([2H])([2H])N(C(=O)C1Cc2cccnc2N1c1cc(C(F)(F)F)cc(C)n1)c1cc(Cl)c(F)cc1F. The predicted octanol–water partition coefficient (Wildman–Crippen LogP) is 5.46. The summed E-state index contributed by atoms with van der Waals surface area (Å²) in [5.41, 5.74) is -1.44. The third-order valence-corrected chi connectivity index (χ3v) is 5.36. The standard InChI is InChI=1S/C22H16ClF5N4O/c1-11-6-13(22(26,27)28)8-19(30-11)32-18(7-12-4-3-5-29-20(12)32)21(33)31(2)17-9-14(23)15(24)10-16(17)25/h3-6,8-10,18H,7H2,1-2H3/i2D3. The Labute approximate surface area is 194 Å². The number of likely N-dealkylation sites (N-methyl/N-ethyl adjacent to an activating group) is 1. The molecule has 4 rings (SSSR count). The molecule has 5 nitrogen and oxygen atoms in total. The molecule has 0 saturated carbocycles. The van der Waals surface area contributed by atoms with E-state index < -0.39 is 53.0 Å². The van der Waals surface area contributed by atoms with Gasteiger partial charge in [-0.3, -0.25) is 9.69 Å². The van der Waals surface area contributed by atoms with Gasteiger partial charge in [-0.15, -0.1) is 0 Å². The second-order valence-corrected chi connectivity index (χ2v) is 7.73. The summed E-state index contributed by atoms with van der Waals surface area (Å²) in [6.07, 6.45) is -3.55. The lowest BCUT2D eigenvalue weighted by molar-refractivity contribution is -0.137. The molecule has 33 heavy (non-hydrogen) atoms. The summed E-state index contributed by atoms with van der Waals surface area (Å²) < 4.78 is 92.5. The topological polar surface area (TPSA) is 49.3 Å². The van der Waals surface area contributed by atoms with Gasteiger partial charge in [-0.2, -0.15) is 13.2 Å². The van der Waals surface area contributed by atoms with Gasteiger partial charge in [0.05, 0.1) is 16.3 Å². The number of rotatable bonds is 3. The van der Waals surface area contributed by atoms with Gasteiger partial charge in [-0.05, 0) is 36.8 Å². The van der Waals surface area contributed by atoms with Gasteiger partial charge in [0.15, 0.2) is 0 Å². The summed E-state index contributed by atoms with van der Waals surface area (Å²) in [5, 5.41) is -0.628. The van der Waals surface area contributed by atoms with Gasteiger partial charge in [0, 0.05) is 35.5 Å². The smallest absolute Gasteiger partial charge is 0.311 e. The van der Waals surface area contributed by atoms with Crippen molar-refractivity contribution in [2.24, 2.45) is 0 Å². The predicted molar refractivity (Wildman–Crippen MR) is 113 cm³/mol. The molecule has 0 bridgehead atoms. The number of aromatic nitrogens is 2. The Morgan fingerprint density at radius 1 is 1.24 bits per heavy atom. The molecular formula is C22H16ClF5N4O. The molecule has 0 aliphatic carbocycles. The maximum Gasteiger partial charge on any atom is 0.416 e. The molecule has 0 saturated heterocycles. The zero-order chi connectivity index (χ0) is 26.6. The molecule has 3 heterocycles. The Morgan fingerprint density at radius 3 is 2.70 bits per heavy atom. The minimum atomic E-state index is -4.73. The highest BCUT2D eigenvalue weighted by Gasteiger charge is 2.41. The van der Waals surface area contributed by atoms with E-state index in [2.05, 4.69) is 9.97 Å². The maximum absolute atomic E-state index is 14.7.